The van der Waals surface area contributed by atoms with E-state index in [2.05, 4.69) is 36.9 Å². The first-order valence-corrected chi connectivity index (χ1v) is 12.4. The lowest BCUT2D eigenvalue weighted by atomic mass is 10.0. The highest BCUT2D eigenvalue weighted by Gasteiger charge is 2.27. The number of aromatic nitrogens is 6. The Balaban J connectivity index is 1.49. The summed E-state index contributed by atoms with van der Waals surface area (Å²) in [6, 6.07) is 12.9. The van der Waals surface area contributed by atoms with E-state index in [-0.39, 0.29) is 12.1 Å². The van der Waals surface area contributed by atoms with E-state index in [4.69, 9.17) is 5.26 Å². The fraction of sp³-hybridized carbons (Fsp3) is 0.214. The molecule has 12 heteroatoms. The molecule has 1 atom stereocenters. The van der Waals surface area contributed by atoms with Crippen molar-refractivity contribution in [1.29, 1.82) is 5.26 Å². The van der Waals surface area contributed by atoms with E-state index >= 15 is 0 Å². The summed E-state index contributed by atoms with van der Waals surface area (Å²) in [7, 11) is 1.85. The molecule has 0 fully saturated rings. The van der Waals surface area contributed by atoms with Crippen molar-refractivity contribution in [2.45, 2.75) is 25.6 Å². The molecule has 5 rings (SSSR count). The lowest BCUT2D eigenvalue weighted by Gasteiger charge is -2.22. The maximum atomic E-state index is 14.3. The number of fused-ring (bicyclic) bond motifs is 1. The van der Waals surface area contributed by atoms with Crippen molar-refractivity contribution in [3.63, 3.8) is 0 Å². The van der Waals surface area contributed by atoms with Crippen LogP contribution in [0.25, 0.3) is 28.0 Å². The van der Waals surface area contributed by atoms with Gasteiger partial charge in [0.25, 0.3) is 5.91 Å². The van der Waals surface area contributed by atoms with Crippen LogP contribution in [0.5, 0.6) is 0 Å². The molecule has 4 heterocycles. The van der Waals surface area contributed by atoms with E-state index in [0.29, 0.717) is 33.8 Å². The third-order valence-corrected chi connectivity index (χ3v) is 6.30. The number of aliphatic hydroxyl groups is 1. The molecule has 0 bridgehead atoms. The number of carbonyl (C=O) groups excluding carboxylic acids is 1. The number of hydrogen-bond donors (Lipinski definition) is 3. The number of halogens is 1. The summed E-state index contributed by atoms with van der Waals surface area (Å²) < 4.78 is 17.5. The Bertz CT molecular complexity index is 1730. The van der Waals surface area contributed by atoms with Gasteiger partial charge in [-0.1, -0.05) is 12.1 Å². The van der Waals surface area contributed by atoms with E-state index < -0.39 is 17.7 Å². The van der Waals surface area contributed by atoms with Crippen LogP contribution in [-0.4, -0.2) is 58.9 Å². The molecule has 1 aromatic carbocycles. The highest BCUT2D eigenvalue weighted by atomic mass is 19.1. The first kappa shape index (κ1) is 26.5. The largest absolute Gasteiger partial charge is 0.387 e. The van der Waals surface area contributed by atoms with Gasteiger partial charge in [0, 0.05) is 48.3 Å². The number of hydrogen-bond acceptors (Lipinski definition) is 8. The lowest BCUT2D eigenvalue weighted by molar-refractivity contribution is -0.00177. The molecule has 202 valence electrons. The van der Waals surface area contributed by atoms with Gasteiger partial charge in [-0.2, -0.15) is 20.1 Å². The quantitative estimate of drug-likeness (QED) is 0.271. The molecular weight excluding hydrogens is 513 g/mol. The summed E-state index contributed by atoms with van der Waals surface area (Å²) in [5.74, 6) is -0.194. The molecule has 0 aliphatic heterocycles. The fourth-order valence-corrected chi connectivity index (χ4v) is 3.99. The van der Waals surface area contributed by atoms with Crippen molar-refractivity contribution in [3.05, 3.63) is 78.5 Å². The number of carbonyl (C=O) groups is 1. The average molecular weight is 540 g/mol. The Morgan fingerprint density at radius 2 is 1.88 bits per heavy atom. The molecule has 1 unspecified atom stereocenters. The molecule has 5 aromatic rings. The second kappa shape index (κ2) is 10.5. The van der Waals surface area contributed by atoms with Crippen LogP contribution in [0.1, 0.15) is 29.8 Å². The summed E-state index contributed by atoms with van der Waals surface area (Å²) in [6.45, 7) is 2.30. The van der Waals surface area contributed by atoms with Crippen molar-refractivity contribution in [2.24, 2.45) is 7.05 Å². The van der Waals surface area contributed by atoms with Gasteiger partial charge in [-0.15, -0.1) is 0 Å². The second-order valence-electron chi connectivity index (χ2n) is 9.83. The van der Waals surface area contributed by atoms with Gasteiger partial charge in [0.2, 0.25) is 0 Å². The van der Waals surface area contributed by atoms with Crippen LogP contribution in [0, 0.1) is 11.3 Å². The standard InChI is InChI=1S/C28H26FN9O2/c1-28(2,40)24(29)15-33-27(39)22-14-31-25(38-26-19(12-35-38)8-17(10-30)11-32-26)9-23(22)36-21-6-4-18(5-7-21)20-13-34-37(3)16-20/h4-9,11-14,16,24,40H,15H2,1-3H3,(H,31,36)(H,33,39). The third-order valence-electron chi connectivity index (χ3n) is 6.30. The third kappa shape index (κ3) is 5.50. The van der Waals surface area contributed by atoms with Crippen LogP contribution < -0.4 is 10.6 Å². The molecule has 40 heavy (non-hydrogen) atoms. The average Bonchev–Trinajstić information content (AvgIpc) is 3.57. The Hall–Kier alpha value is -5.15. The van der Waals surface area contributed by atoms with Gasteiger partial charge in [0.05, 0.1) is 41.4 Å². The number of alkyl halides is 1. The monoisotopic (exact) mass is 539 g/mol. The van der Waals surface area contributed by atoms with Gasteiger partial charge >= 0.3 is 0 Å². The maximum absolute atomic E-state index is 14.3. The molecule has 0 aliphatic rings. The first-order valence-electron chi connectivity index (χ1n) is 12.4. The summed E-state index contributed by atoms with van der Waals surface area (Å²) in [5.41, 5.74) is 2.48. The number of benzene rings is 1. The van der Waals surface area contributed by atoms with Crippen LogP contribution in [0.2, 0.25) is 0 Å². The lowest BCUT2D eigenvalue weighted by Crippen LogP contribution is -2.42. The number of nitrogens with one attached hydrogen (secondary N) is 2. The van der Waals surface area contributed by atoms with Gasteiger partial charge in [0.1, 0.15) is 12.2 Å². The Labute approximate surface area is 228 Å². The Morgan fingerprint density at radius 1 is 1.10 bits per heavy atom. The van der Waals surface area contributed by atoms with E-state index in [9.17, 15) is 14.3 Å². The zero-order chi connectivity index (χ0) is 28.4. The van der Waals surface area contributed by atoms with Gasteiger partial charge in [-0.05, 0) is 37.6 Å². The minimum Gasteiger partial charge on any atom is -0.387 e. The minimum atomic E-state index is -1.67. The number of pyridine rings is 2. The van der Waals surface area contributed by atoms with E-state index in [1.54, 1.807) is 29.2 Å². The zero-order valence-corrected chi connectivity index (χ0v) is 22.0. The van der Waals surface area contributed by atoms with Crippen LogP contribution in [-0.2, 0) is 7.05 Å². The maximum Gasteiger partial charge on any atom is 0.255 e. The fourth-order valence-electron chi connectivity index (χ4n) is 3.99. The predicted octanol–water partition coefficient (Wildman–Crippen LogP) is 3.67. The van der Waals surface area contributed by atoms with Crippen LogP contribution >= 0.6 is 0 Å². The van der Waals surface area contributed by atoms with Crippen molar-refractivity contribution >= 4 is 28.3 Å². The number of nitriles is 1. The molecule has 0 aliphatic carbocycles. The highest BCUT2D eigenvalue weighted by molar-refractivity contribution is 6.00. The summed E-state index contributed by atoms with van der Waals surface area (Å²) in [4.78, 5) is 21.8. The topological polar surface area (TPSA) is 147 Å². The van der Waals surface area contributed by atoms with Gasteiger partial charge < -0.3 is 15.7 Å². The number of aryl methyl sites for hydroxylation is 1. The molecule has 0 spiro atoms. The number of nitrogens with zero attached hydrogens (tertiary/aromatic N) is 7. The molecule has 0 saturated carbocycles. The number of rotatable bonds is 8. The Kier molecular flexibility index (Phi) is 6.98. The van der Waals surface area contributed by atoms with Crippen LogP contribution in [0.3, 0.4) is 0 Å². The van der Waals surface area contributed by atoms with E-state index in [1.807, 2.05) is 37.5 Å². The molecule has 1 amide bonds. The van der Waals surface area contributed by atoms with E-state index in [0.717, 1.165) is 11.1 Å². The molecule has 3 N–H and O–H groups in total. The van der Waals surface area contributed by atoms with Gasteiger partial charge in [-0.25, -0.2) is 14.4 Å². The second-order valence-corrected chi connectivity index (χ2v) is 9.83. The number of anilines is 2. The van der Waals surface area contributed by atoms with Crippen molar-refractivity contribution < 1.29 is 14.3 Å². The van der Waals surface area contributed by atoms with Crippen LogP contribution in [0.4, 0.5) is 15.8 Å². The SMILES string of the molecule is Cn1cc(-c2ccc(Nc3cc(-n4ncc5cc(C#N)cnc54)ncc3C(=O)NCC(F)C(C)(C)O)cc2)cn1. The minimum absolute atomic E-state index is 0.166. The van der Waals surface area contributed by atoms with Crippen molar-refractivity contribution in [1.82, 2.24) is 34.8 Å². The smallest absolute Gasteiger partial charge is 0.255 e. The highest BCUT2D eigenvalue weighted by Crippen LogP contribution is 2.27. The Morgan fingerprint density at radius 3 is 2.55 bits per heavy atom. The van der Waals surface area contributed by atoms with Gasteiger partial charge in [-0.3, -0.25) is 9.48 Å². The number of amides is 1. The molecule has 0 radical (unpaired) electrons. The summed E-state index contributed by atoms with van der Waals surface area (Å²) in [5, 5.41) is 34.1. The first-order chi connectivity index (χ1) is 19.1. The molecule has 4 aromatic heterocycles. The molecule has 0 saturated heterocycles. The molecule has 11 nitrogen and oxygen atoms in total. The normalized spacial score (nSPS) is 12.2. The molecular formula is C28H26FN9O2. The van der Waals surface area contributed by atoms with Crippen molar-refractivity contribution in [2.75, 3.05) is 11.9 Å². The predicted molar refractivity (Wildman–Crippen MR) is 147 cm³/mol. The zero-order valence-electron chi connectivity index (χ0n) is 22.0. The summed E-state index contributed by atoms with van der Waals surface area (Å²) >= 11 is 0. The van der Waals surface area contributed by atoms with Crippen molar-refractivity contribution in [3.8, 4) is 23.0 Å². The van der Waals surface area contributed by atoms with E-state index in [1.165, 1.54) is 30.9 Å². The van der Waals surface area contributed by atoms with Gasteiger partial charge in [0.15, 0.2) is 11.5 Å². The van der Waals surface area contributed by atoms with Crippen LogP contribution in [0.15, 0.2) is 67.4 Å². The summed E-state index contributed by atoms with van der Waals surface area (Å²) in [6.07, 6.45) is 6.40.